The van der Waals surface area contributed by atoms with Crippen molar-refractivity contribution in [2.75, 3.05) is 0 Å². The lowest BCUT2D eigenvalue weighted by Gasteiger charge is -2.11. The molecule has 0 aliphatic carbocycles. The first-order chi connectivity index (χ1) is 14.5. The standard InChI is InChI=1S/C22H14Cl4N2O2/c23-16-6-4-13(5-7-16)9-20-27-28-22(30-20)15-3-1-2-14(8-15)12-29-21-18(25)10-17(24)11-19(21)26/h1-8,10-11H,9,12H2. The highest BCUT2D eigenvalue weighted by molar-refractivity contribution is 6.40. The first-order valence-corrected chi connectivity index (χ1v) is 10.4. The summed E-state index contributed by atoms with van der Waals surface area (Å²) < 4.78 is 11.6. The van der Waals surface area contributed by atoms with Crippen molar-refractivity contribution in [2.45, 2.75) is 13.0 Å². The lowest BCUT2D eigenvalue weighted by molar-refractivity contribution is 0.306. The molecule has 1 heterocycles. The SMILES string of the molecule is Clc1ccc(Cc2nnc(-c3cccc(COc4c(Cl)cc(Cl)cc4Cl)c3)o2)cc1. The topological polar surface area (TPSA) is 48.2 Å². The van der Waals surface area contributed by atoms with Crippen molar-refractivity contribution in [1.82, 2.24) is 10.2 Å². The van der Waals surface area contributed by atoms with Crippen LogP contribution in [0, 0.1) is 0 Å². The number of benzene rings is 3. The molecule has 152 valence electrons. The molecule has 0 saturated heterocycles. The maximum atomic E-state index is 6.17. The van der Waals surface area contributed by atoms with Crippen molar-refractivity contribution in [1.29, 1.82) is 0 Å². The zero-order chi connectivity index (χ0) is 21.1. The summed E-state index contributed by atoms with van der Waals surface area (Å²) in [6.07, 6.45) is 0.528. The lowest BCUT2D eigenvalue weighted by Crippen LogP contribution is -1.97. The molecule has 0 unspecified atom stereocenters. The third-order valence-corrected chi connectivity index (χ3v) is 5.29. The Bertz CT molecular complexity index is 1150. The predicted molar refractivity (Wildman–Crippen MR) is 120 cm³/mol. The number of aromatic nitrogens is 2. The molecule has 30 heavy (non-hydrogen) atoms. The maximum Gasteiger partial charge on any atom is 0.247 e. The summed E-state index contributed by atoms with van der Waals surface area (Å²) in [4.78, 5) is 0. The molecule has 0 amide bonds. The van der Waals surface area contributed by atoms with Crippen molar-refractivity contribution in [2.24, 2.45) is 0 Å². The second-order valence-electron chi connectivity index (χ2n) is 6.49. The summed E-state index contributed by atoms with van der Waals surface area (Å²) in [5, 5.41) is 10.1. The Morgan fingerprint density at radius 3 is 2.23 bits per heavy atom. The minimum absolute atomic E-state index is 0.265. The second-order valence-corrected chi connectivity index (χ2v) is 8.18. The molecule has 4 aromatic rings. The Kier molecular flexibility index (Phi) is 6.49. The Morgan fingerprint density at radius 2 is 1.50 bits per heavy atom. The van der Waals surface area contributed by atoms with E-state index in [9.17, 15) is 0 Å². The number of ether oxygens (including phenoxy) is 1. The molecule has 0 fully saturated rings. The monoisotopic (exact) mass is 478 g/mol. The Morgan fingerprint density at radius 1 is 0.767 bits per heavy atom. The van der Waals surface area contributed by atoms with Gasteiger partial charge in [-0.05, 0) is 47.5 Å². The number of rotatable bonds is 6. The largest absolute Gasteiger partial charge is 0.486 e. The molecule has 0 saturated carbocycles. The van der Waals surface area contributed by atoms with Gasteiger partial charge in [-0.25, -0.2) is 0 Å². The predicted octanol–water partition coefficient (Wildman–Crippen LogP) is 7.52. The van der Waals surface area contributed by atoms with Gasteiger partial charge in [0.15, 0.2) is 5.75 Å². The van der Waals surface area contributed by atoms with Crippen molar-refractivity contribution in [3.8, 4) is 17.2 Å². The van der Waals surface area contributed by atoms with Gasteiger partial charge in [-0.1, -0.05) is 70.7 Å². The Hall–Kier alpha value is -2.24. The van der Waals surface area contributed by atoms with E-state index in [1.807, 2.05) is 48.5 Å². The van der Waals surface area contributed by atoms with Crippen LogP contribution in [0.2, 0.25) is 20.1 Å². The number of hydrogen-bond acceptors (Lipinski definition) is 4. The first-order valence-electron chi connectivity index (χ1n) is 8.91. The first kappa shape index (κ1) is 21.0. The molecule has 1 aromatic heterocycles. The van der Waals surface area contributed by atoms with E-state index >= 15 is 0 Å². The Labute approximate surface area is 193 Å². The molecule has 0 spiro atoms. The molecule has 0 atom stereocenters. The van der Waals surface area contributed by atoms with Gasteiger partial charge in [0.1, 0.15) is 6.61 Å². The summed E-state index contributed by atoms with van der Waals surface area (Å²) in [5.41, 5.74) is 2.72. The summed E-state index contributed by atoms with van der Waals surface area (Å²) in [6.45, 7) is 0.265. The second kappa shape index (κ2) is 9.27. The van der Waals surface area contributed by atoms with Crippen molar-refractivity contribution in [3.05, 3.63) is 97.8 Å². The van der Waals surface area contributed by atoms with Gasteiger partial charge in [0.05, 0.1) is 16.5 Å². The fourth-order valence-electron chi connectivity index (χ4n) is 2.84. The van der Waals surface area contributed by atoms with Gasteiger partial charge in [0, 0.05) is 15.6 Å². The molecule has 4 nitrogen and oxygen atoms in total. The molecule has 0 bridgehead atoms. The summed E-state index contributed by atoms with van der Waals surface area (Å²) in [6, 6.07) is 18.3. The average molecular weight is 480 g/mol. The van der Waals surface area contributed by atoms with Crippen LogP contribution in [0.1, 0.15) is 17.0 Å². The van der Waals surface area contributed by atoms with Crippen molar-refractivity contribution in [3.63, 3.8) is 0 Å². The minimum Gasteiger partial charge on any atom is -0.486 e. The van der Waals surface area contributed by atoms with E-state index in [0.29, 0.717) is 44.0 Å². The van der Waals surface area contributed by atoms with E-state index in [0.717, 1.165) is 16.7 Å². The van der Waals surface area contributed by atoms with Crippen LogP contribution in [0.3, 0.4) is 0 Å². The van der Waals surface area contributed by atoms with E-state index in [-0.39, 0.29) is 6.61 Å². The van der Waals surface area contributed by atoms with Gasteiger partial charge in [0.2, 0.25) is 11.8 Å². The van der Waals surface area contributed by atoms with Crippen LogP contribution in [0.25, 0.3) is 11.5 Å². The van der Waals surface area contributed by atoms with Crippen molar-refractivity contribution < 1.29 is 9.15 Å². The van der Waals surface area contributed by atoms with E-state index in [2.05, 4.69) is 10.2 Å². The van der Waals surface area contributed by atoms with Gasteiger partial charge in [0.25, 0.3) is 0 Å². The zero-order valence-corrected chi connectivity index (χ0v) is 18.4. The summed E-state index contributed by atoms with van der Waals surface area (Å²) in [5.74, 6) is 1.34. The van der Waals surface area contributed by atoms with Crippen LogP contribution in [0.5, 0.6) is 5.75 Å². The minimum atomic E-state index is 0.265. The normalized spacial score (nSPS) is 10.9. The smallest absolute Gasteiger partial charge is 0.247 e. The van der Waals surface area contributed by atoms with Gasteiger partial charge < -0.3 is 9.15 Å². The molecule has 3 aromatic carbocycles. The number of halogens is 4. The van der Waals surface area contributed by atoms with Gasteiger partial charge >= 0.3 is 0 Å². The molecular weight excluding hydrogens is 466 g/mol. The highest BCUT2D eigenvalue weighted by Crippen LogP contribution is 2.36. The molecule has 0 radical (unpaired) electrons. The summed E-state index contributed by atoms with van der Waals surface area (Å²) >= 11 is 24.2. The van der Waals surface area contributed by atoms with Gasteiger partial charge in [-0.15, -0.1) is 10.2 Å². The third-order valence-electron chi connectivity index (χ3n) is 4.26. The Balaban J connectivity index is 1.47. The molecular formula is C22H14Cl4N2O2. The average Bonchev–Trinajstić information content (AvgIpc) is 3.18. The molecule has 0 N–H and O–H groups in total. The van der Waals surface area contributed by atoms with Gasteiger partial charge in [-0.2, -0.15) is 0 Å². The van der Waals surface area contributed by atoms with Crippen LogP contribution in [-0.2, 0) is 13.0 Å². The molecule has 8 heteroatoms. The van der Waals surface area contributed by atoms with Crippen LogP contribution in [-0.4, -0.2) is 10.2 Å². The molecule has 0 aliphatic rings. The zero-order valence-electron chi connectivity index (χ0n) is 15.4. The number of hydrogen-bond donors (Lipinski definition) is 0. The molecule has 4 rings (SSSR count). The number of nitrogens with zero attached hydrogens (tertiary/aromatic N) is 2. The van der Waals surface area contributed by atoms with Crippen LogP contribution in [0.15, 0.2) is 65.1 Å². The van der Waals surface area contributed by atoms with E-state index in [1.54, 1.807) is 12.1 Å². The molecule has 0 aliphatic heterocycles. The fraction of sp³-hybridized carbons (Fsp3) is 0.0909. The quantitative estimate of drug-likeness (QED) is 0.287. The van der Waals surface area contributed by atoms with Crippen molar-refractivity contribution >= 4 is 46.4 Å². The van der Waals surface area contributed by atoms with E-state index in [1.165, 1.54) is 0 Å². The highest BCUT2D eigenvalue weighted by atomic mass is 35.5. The maximum absolute atomic E-state index is 6.17. The fourth-order valence-corrected chi connectivity index (χ4v) is 3.89. The lowest BCUT2D eigenvalue weighted by atomic mass is 10.1. The van der Waals surface area contributed by atoms with Crippen LogP contribution < -0.4 is 4.74 Å². The van der Waals surface area contributed by atoms with E-state index in [4.69, 9.17) is 55.6 Å². The van der Waals surface area contributed by atoms with Crippen LogP contribution in [0.4, 0.5) is 0 Å². The van der Waals surface area contributed by atoms with Crippen LogP contribution >= 0.6 is 46.4 Å². The van der Waals surface area contributed by atoms with E-state index < -0.39 is 0 Å². The van der Waals surface area contributed by atoms with Gasteiger partial charge in [-0.3, -0.25) is 0 Å². The highest BCUT2D eigenvalue weighted by Gasteiger charge is 2.12. The third kappa shape index (κ3) is 5.08. The summed E-state index contributed by atoms with van der Waals surface area (Å²) in [7, 11) is 0.